The molecule has 3 rings (SSSR count). The first kappa shape index (κ1) is 19.2. The third kappa shape index (κ3) is 4.07. The average molecular weight is 380 g/mol. The van der Waals surface area contributed by atoms with Crippen LogP contribution in [0.2, 0.25) is 0 Å². The van der Waals surface area contributed by atoms with Crippen LogP contribution in [-0.4, -0.2) is 24.0 Å². The minimum absolute atomic E-state index is 0.0336. The molecule has 0 spiro atoms. The van der Waals surface area contributed by atoms with Gasteiger partial charge in [-0.25, -0.2) is 13.8 Å². The molecular formula is C21H18F2N4O. The molecule has 28 heavy (non-hydrogen) atoms. The molecule has 1 heterocycles. The molecule has 2 N–H and O–H groups in total. The lowest BCUT2D eigenvalue weighted by Crippen LogP contribution is -2.29. The first-order chi connectivity index (χ1) is 13.4. The second kappa shape index (κ2) is 8.01. The lowest BCUT2D eigenvalue weighted by atomic mass is 10.0. The summed E-state index contributed by atoms with van der Waals surface area (Å²) in [6.45, 7) is 4.53. The average Bonchev–Trinajstić information content (AvgIpc) is 2.67. The van der Waals surface area contributed by atoms with Crippen molar-refractivity contribution in [2.45, 2.75) is 13.8 Å². The van der Waals surface area contributed by atoms with Gasteiger partial charge in [0.25, 0.3) is 5.91 Å². The maximum absolute atomic E-state index is 13.2. The fourth-order valence-electron chi connectivity index (χ4n) is 2.76. The Morgan fingerprint density at radius 3 is 2.54 bits per heavy atom. The zero-order valence-corrected chi connectivity index (χ0v) is 15.4. The van der Waals surface area contributed by atoms with Crippen molar-refractivity contribution >= 4 is 22.6 Å². The number of amides is 1. The maximum atomic E-state index is 13.2. The van der Waals surface area contributed by atoms with E-state index in [9.17, 15) is 18.8 Å². The second-order valence-electron chi connectivity index (χ2n) is 6.44. The van der Waals surface area contributed by atoms with E-state index >= 15 is 0 Å². The summed E-state index contributed by atoms with van der Waals surface area (Å²) in [4.78, 5) is 16.5. The predicted molar refractivity (Wildman–Crippen MR) is 103 cm³/mol. The fourth-order valence-corrected chi connectivity index (χ4v) is 2.76. The lowest BCUT2D eigenvalue weighted by Gasteiger charge is -2.11. The summed E-state index contributed by atoms with van der Waals surface area (Å²) in [7, 11) is 0. The van der Waals surface area contributed by atoms with Gasteiger partial charge in [-0.2, -0.15) is 5.26 Å². The summed E-state index contributed by atoms with van der Waals surface area (Å²) < 4.78 is 26.1. The number of rotatable bonds is 5. The van der Waals surface area contributed by atoms with E-state index in [0.29, 0.717) is 17.9 Å². The number of nitriles is 1. The molecule has 0 saturated heterocycles. The van der Waals surface area contributed by atoms with Gasteiger partial charge in [-0.05, 0) is 61.4 Å². The van der Waals surface area contributed by atoms with Gasteiger partial charge in [-0.3, -0.25) is 4.79 Å². The zero-order chi connectivity index (χ0) is 20.3. The molecule has 1 aromatic heterocycles. The van der Waals surface area contributed by atoms with Crippen molar-refractivity contribution in [3.63, 3.8) is 0 Å². The van der Waals surface area contributed by atoms with Gasteiger partial charge >= 0.3 is 0 Å². The third-order valence-corrected chi connectivity index (χ3v) is 4.44. The Balaban J connectivity index is 1.66. The number of pyridine rings is 1. The summed E-state index contributed by atoms with van der Waals surface area (Å²) >= 11 is 0. The smallest absolute Gasteiger partial charge is 0.251 e. The molecule has 0 aliphatic rings. The van der Waals surface area contributed by atoms with Crippen LogP contribution in [0.25, 0.3) is 10.9 Å². The van der Waals surface area contributed by atoms with Crippen LogP contribution < -0.4 is 10.6 Å². The first-order valence-electron chi connectivity index (χ1n) is 8.68. The van der Waals surface area contributed by atoms with E-state index in [1.54, 1.807) is 6.07 Å². The van der Waals surface area contributed by atoms with E-state index in [2.05, 4.69) is 21.7 Å². The number of hydrogen-bond donors (Lipinski definition) is 2. The molecule has 3 aromatic rings. The number of aryl methyl sites for hydroxylation is 2. The van der Waals surface area contributed by atoms with Gasteiger partial charge in [0, 0.05) is 24.0 Å². The highest BCUT2D eigenvalue weighted by atomic mass is 19.2. The monoisotopic (exact) mass is 380 g/mol. The molecule has 0 atom stereocenters. The molecule has 5 nitrogen and oxygen atoms in total. The Morgan fingerprint density at radius 1 is 1.07 bits per heavy atom. The van der Waals surface area contributed by atoms with Crippen LogP contribution in [0, 0.1) is 36.8 Å². The number of benzene rings is 2. The highest BCUT2D eigenvalue weighted by molar-refractivity contribution is 5.94. The Bertz CT molecular complexity index is 1110. The highest BCUT2D eigenvalue weighted by Crippen LogP contribution is 2.23. The Kier molecular flexibility index (Phi) is 5.50. The molecule has 0 bridgehead atoms. The highest BCUT2D eigenvalue weighted by Gasteiger charge is 2.10. The van der Waals surface area contributed by atoms with Crippen molar-refractivity contribution in [2.75, 3.05) is 18.4 Å². The minimum atomic E-state index is -1.07. The number of halogens is 2. The molecule has 7 heteroatoms. The van der Waals surface area contributed by atoms with E-state index in [4.69, 9.17) is 0 Å². The molecule has 0 aliphatic heterocycles. The molecule has 0 radical (unpaired) electrons. The van der Waals surface area contributed by atoms with E-state index in [0.717, 1.165) is 34.2 Å². The lowest BCUT2D eigenvalue weighted by molar-refractivity contribution is 0.0954. The number of hydrogen-bond acceptors (Lipinski definition) is 4. The van der Waals surface area contributed by atoms with Gasteiger partial charge < -0.3 is 10.6 Å². The number of nitrogens with one attached hydrogen (secondary N) is 2. The quantitative estimate of drug-likeness (QED) is 0.659. The number of nitrogens with zero attached hydrogens (tertiary/aromatic N) is 2. The minimum Gasteiger partial charge on any atom is -0.367 e. The summed E-state index contributed by atoms with van der Waals surface area (Å²) in [6, 6.07) is 10.8. The predicted octanol–water partition coefficient (Wildman–Crippen LogP) is 3.84. The third-order valence-electron chi connectivity index (χ3n) is 4.44. The van der Waals surface area contributed by atoms with Crippen LogP contribution in [0.15, 0.2) is 36.4 Å². The topological polar surface area (TPSA) is 77.8 Å². The molecule has 0 fully saturated rings. The Hall–Kier alpha value is -3.53. The van der Waals surface area contributed by atoms with Crippen LogP contribution in [0.3, 0.4) is 0 Å². The van der Waals surface area contributed by atoms with Crippen LogP contribution in [-0.2, 0) is 0 Å². The molecule has 0 aliphatic carbocycles. The van der Waals surface area contributed by atoms with E-state index < -0.39 is 17.5 Å². The van der Waals surface area contributed by atoms with Crippen molar-refractivity contribution in [3.05, 3.63) is 70.3 Å². The summed E-state index contributed by atoms with van der Waals surface area (Å²) in [5.74, 6) is -2.16. The molecule has 142 valence electrons. The van der Waals surface area contributed by atoms with Crippen molar-refractivity contribution in [3.8, 4) is 6.07 Å². The molecule has 2 aromatic carbocycles. The van der Waals surface area contributed by atoms with E-state index in [-0.39, 0.29) is 12.1 Å². The van der Waals surface area contributed by atoms with Crippen molar-refractivity contribution in [1.82, 2.24) is 10.3 Å². The fraction of sp³-hybridized carbons (Fsp3) is 0.190. The van der Waals surface area contributed by atoms with Gasteiger partial charge in [0.1, 0.15) is 11.9 Å². The first-order valence-corrected chi connectivity index (χ1v) is 8.68. The standard InChI is InChI=1S/C21H18F2N4O/c1-12-7-15-9-16(11-24)20(27-19(15)8-13(12)2)25-5-6-26-21(28)14-3-4-17(22)18(23)10-14/h3-4,7-10H,5-6H2,1-2H3,(H,25,27)(H,26,28). The SMILES string of the molecule is Cc1cc2cc(C#N)c(NCCNC(=O)c3ccc(F)c(F)c3)nc2cc1C. The molecule has 0 unspecified atom stereocenters. The van der Waals surface area contributed by atoms with E-state index in [1.165, 1.54) is 6.07 Å². The summed E-state index contributed by atoms with van der Waals surface area (Å²) in [6.07, 6.45) is 0. The zero-order valence-electron chi connectivity index (χ0n) is 15.4. The van der Waals surface area contributed by atoms with Crippen LogP contribution in [0.5, 0.6) is 0 Å². The van der Waals surface area contributed by atoms with Gasteiger partial charge in [0.2, 0.25) is 0 Å². The van der Waals surface area contributed by atoms with Crippen LogP contribution >= 0.6 is 0 Å². The summed E-state index contributed by atoms with van der Waals surface area (Å²) in [5, 5.41) is 15.9. The van der Waals surface area contributed by atoms with Gasteiger partial charge in [0.05, 0.1) is 11.1 Å². The van der Waals surface area contributed by atoms with Crippen LogP contribution in [0.1, 0.15) is 27.0 Å². The molecule has 0 saturated carbocycles. The van der Waals surface area contributed by atoms with Crippen LogP contribution in [0.4, 0.5) is 14.6 Å². The van der Waals surface area contributed by atoms with Gasteiger partial charge in [-0.1, -0.05) is 0 Å². The van der Waals surface area contributed by atoms with E-state index in [1.807, 2.05) is 26.0 Å². The van der Waals surface area contributed by atoms with Gasteiger partial charge in [0.15, 0.2) is 11.6 Å². The Labute approximate surface area is 161 Å². The van der Waals surface area contributed by atoms with Crippen molar-refractivity contribution in [1.29, 1.82) is 5.26 Å². The van der Waals surface area contributed by atoms with Crippen molar-refractivity contribution < 1.29 is 13.6 Å². The number of aromatic nitrogens is 1. The Morgan fingerprint density at radius 2 is 1.82 bits per heavy atom. The van der Waals surface area contributed by atoms with Gasteiger partial charge in [-0.15, -0.1) is 0 Å². The maximum Gasteiger partial charge on any atom is 0.251 e. The van der Waals surface area contributed by atoms with Crippen molar-refractivity contribution in [2.24, 2.45) is 0 Å². The number of anilines is 1. The number of carbonyl (C=O) groups excluding carboxylic acids is 1. The number of carbonyl (C=O) groups is 1. The normalized spacial score (nSPS) is 10.5. The molecule has 1 amide bonds. The largest absolute Gasteiger partial charge is 0.367 e. The molecular weight excluding hydrogens is 362 g/mol. The number of fused-ring (bicyclic) bond motifs is 1. The summed E-state index contributed by atoms with van der Waals surface area (Å²) in [5.41, 5.74) is 3.44. The second-order valence-corrected chi connectivity index (χ2v) is 6.44.